The second kappa shape index (κ2) is 7.25. The van der Waals surface area contributed by atoms with Gasteiger partial charge in [-0.25, -0.2) is 0 Å². The van der Waals surface area contributed by atoms with Gasteiger partial charge in [-0.05, 0) is 36.8 Å². The van der Waals surface area contributed by atoms with Gasteiger partial charge in [-0.2, -0.15) is 0 Å². The molecular weight excluding hydrogens is 316 g/mol. The molecule has 6 heteroatoms. The summed E-state index contributed by atoms with van der Waals surface area (Å²) in [6, 6.07) is 7.04. The Hall–Kier alpha value is -3.02. The SMILES string of the molecule is C=CC(=O)N(C)c1ccc(C(=O)N2CCC(c3cnccn3)C2)cc1. The standard InChI is InChI=1S/C19H20N4O2/c1-3-18(24)22(2)16-6-4-14(5-7-16)19(25)23-11-8-15(13-23)17-12-20-9-10-21-17/h3-7,9-10,12,15H,1,8,11,13H2,2H3. The van der Waals surface area contributed by atoms with E-state index in [9.17, 15) is 9.59 Å². The number of hydrogen-bond acceptors (Lipinski definition) is 4. The number of amides is 2. The Morgan fingerprint density at radius 3 is 2.68 bits per heavy atom. The summed E-state index contributed by atoms with van der Waals surface area (Å²) in [4.78, 5) is 36.1. The summed E-state index contributed by atoms with van der Waals surface area (Å²) in [5.74, 6) is 0.0364. The summed E-state index contributed by atoms with van der Waals surface area (Å²) in [7, 11) is 1.67. The van der Waals surface area contributed by atoms with Gasteiger partial charge in [0.05, 0.1) is 5.69 Å². The van der Waals surface area contributed by atoms with Crippen molar-refractivity contribution < 1.29 is 9.59 Å². The summed E-state index contributed by atoms with van der Waals surface area (Å²) in [6.45, 7) is 4.83. The van der Waals surface area contributed by atoms with Crippen LogP contribution < -0.4 is 4.90 Å². The minimum atomic E-state index is -0.189. The van der Waals surface area contributed by atoms with Crippen LogP contribution in [0.4, 0.5) is 5.69 Å². The van der Waals surface area contributed by atoms with E-state index in [1.165, 1.54) is 11.0 Å². The van der Waals surface area contributed by atoms with Crippen LogP contribution in [0.3, 0.4) is 0 Å². The molecule has 1 aliphatic rings. The molecule has 0 N–H and O–H groups in total. The van der Waals surface area contributed by atoms with Crippen molar-refractivity contribution in [2.24, 2.45) is 0 Å². The van der Waals surface area contributed by atoms with Crippen LogP contribution in [0.5, 0.6) is 0 Å². The fourth-order valence-corrected chi connectivity index (χ4v) is 2.98. The molecule has 0 bridgehead atoms. The van der Waals surface area contributed by atoms with Crippen LogP contribution in [0.2, 0.25) is 0 Å². The molecular formula is C19H20N4O2. The van der Waals surface area contributed by atoms with Crippen LogP contribution in [-0.4, -0.2) is 46.8 Å². The quantitative estimate of drug-likeness (QED) is 0.803. The fourth-order valence-electron chi connectivity index (χ4n) is 2.98. The van der Waals surface area contributed by atoms with E-state index in [-0.39, 0.29) is 17.7 Å². The molecule has 0 spiro atoms. The molecule has 2 amide bonds. The minimum Gasteiger partial charge on any atom is -0.338 e. The number of rotatable bonds is 4. The average molecular weight is 336 g/mol. The van der Waals surface area contributed by atoms with Gasteiger partial charge in [0.1, 0.15) is 0 Å². The third-order valence-electron chi connectivity index (χ3n) is 4.48. The lowest BCUT2D eigenvalue weighted by Crippen LogP contribution is -2.28. The molecule has 6 nitrogen and oxygen atoms in total. The maximum atomic E-state index is 12.7. The van der Waals surface area contributed by atoms with E-state index in [1.54, 1.807) is 49.9 Å². The Morgan fingerprint density at radius 2 is 2.04 bits per heavy atom. The van der Waals surface area contributed by atoms with Crippen molar-refractivity contribution in [3.05, 3.63) is 66.8 Å². The van der Waals surface area contributed by atoms with Crippen LogP contribution in [-0.2, 0) is 4.79 Å². The predicted octanol–water partition coefficient (Wildman–Crippen LogP) is 2.26. The highest BCUT2D eigenvalue weighted by Gasteiger charge is 2.28. The van der Waals surface area contributed by atoms with Gasteiger partial charge in [0, 0.05) is 55.9 Å². The van der Waals surface area contributed by atoms with Crippen LogP contribution in [0.15, 0.2) is 55.5 Å². The van der Waals surface area contributed by atoms with E-state index < -0.39 is 0 Å². The van der Waals surface area contributed by atoms with E-state index in [4.69, 9.17) is 0 Å². The van der Waals surface area contributed by atoms with Gasteiger partial charge < -0.3 is 9.80 Å². The van der Waals surface area contributed by atoms with Gasteiger partial charge in [0.25, 0.3) is 5.91 Å². The highest BCUT2D eigenvalue weighted by Crippen LogP contribution is 2.26. The molecule has 1 atom stereocenters. The Morgan fingerprint density at radius 1 is 1.28 bits per heavy atom. The van der Waals surface area contributed by atoms with Crippen molar-refractivity contribution in [3.8, 4) is 0 Å². The number of carbonyl (C=O) groups is 2. The van der Waals surface area contributed by atoms with Crippen LogP contribution in [0.25, 0.3) is 0 Å². The minimum absolute atomic E-state index is 0.00404. The zero-order valence-corrected chi connectivity index (χ0v) is 14.1. The lowest BCUT2D eigenvalue weighted by Gasteiger charge is -2.18. The monoisotopic (exact) mass is 336 g/mol. The van der Waals surface area contributed by atoms with Crippen molar-refractivity contribution in [2.45, 2.75) is 12.3 Å². The molecule has 1 aromatic heterocycles. The summed E-state index contributed by atoms with van der Waals surface area (Å²) in [5, 5.41) is 0. The van der Waals surface area contributed by atoms with Gasteiger partial charge in [-0.15, -0.1) is 0 Å². The molecule has 2 aromatic rings. The summed E-state index contributed by atoms with van der Waals surface area (Å²) in [6.07, 6.45) is 7.24. The molecule has 0 radical (unpaired) electrons. The number of likely N-dealkylation sites (tertiary alicyclic amines) is 1. The third kappa shape index (κ3) is 3.57. The van der Waals surface area contributed by atoms with Gasteiger partial charge in [0.15, 0.2) is 0 Å². The maximum absolute atomic E-state index is 12.7. The number of anilines is 1. The van der Waals surface area contributed by atoms with Crippen molar-refractivity contribution in [3.63, 3.8) is 0 Å². The second-order valence-electron chi connectivity index (χ2n) is 6.02. The molecule has 1 saturated heterocycles. The zero-order chi connectivity index (χ0) is 17.8. The molecule has 128 valence electrons. The lowest BCUT2D eigenvalue weighted by molar-refractivity contribution is -0.113. The average Bonchev–Trinajstić information content (AvgIpc) is 3.17. The van der Waals surface area contributed by atoms with Crippen molar-refractivity contribution >= 4 is 17.5 Å². The molecule has 1 aliphatic heterocycles. The number of nitrogens with zero attached hydrogens (tertiary/aromatic N) is 4. The molecule has 1 aromatic carbocycles. The molecule has 3 rings (SSSR count). The normalized spacial score (nSPS) is 16.5. The maximum Gasteiger partial charge on any atom is 0.253 e. The number of carbonyl (C=O) groups excluding carboxylic acids is 2. The number of hydrogen-bond donors (Lipinski definition) is 0. The highest BCUT2D eigenvalue weighted by atomic mass is 16.2. The second-order valence-corrected chi connectivity index (χ2v) is 6.02. The molecule has 0 saturated carbocycles. The van der Waals surface area contributed by atoms with Gasteiger partial charge in [0.2, 0.25) is 5.91 Å². The first-order valence-corrected chi connectivity index (χ1v) is 8.15. The molecule has 25 heavy (non-hydrogen) atoms. The fraction of sp³-hybridized carbons (Fsp3) is 0.263. The number of likely N-dealkylation sites (N-methyl/N-ethyl adjacent to an activating group) is 1. The first kappa shape index (κ1) is 16.8. The molecule has 0 aliphatic carbocycles. The van der Waals surface area contributed by atoms with Gasteiger partial charge >= 0.3 is 0 Å². The topological polar surface area (TPSA) is 66.4 Å². The van der Waals surface area contributed by atoms with Crippen molar-refractivity contribution in [1.29, 1.82) is 0 Å². The summed E-state index contributed by atoms with van der Waals surface area (Å²) >= 11 is 0. The third-order valence-corrected chi connectivity index (χ3v) is 4.48. The molecule has 1 unspecified atom stereocenters. The first-order chi connectivity index (χ1) is 12.1. The first-order valence-electron chi connectivity index (χ1n) is 8.15. The van der Waals surface area contributed by atoms with Crippen molar-refractivity contribution in [1.82, 2.24) is 14.9 Å². The lowest BCUT2D eigenvalue weighted by atomic mass is 10.1. The van der Waals surface area contributed by atoms with E-state index in [1.807, 2.05) is 4.90 Å². The molecule has 1 fully saturated rings. The number of aromatic nitrogens is 2. The van der Waals surface area contributed by atoms with E-state index in [0.29, 0.717) is 18.7 Å². The Kier molecular flexibility index (Phi) is 4.88. The van der Waals surface area contributed by atoms with E-state index >= 15 is 0 Å². The van der Waals surface area contributed by atoms with Crippen LogP contribution >= 0.6 is 0 Å². The van der Waals surface area contributed by atoms with Crippen LogP contribution in [0.1, 0.15) is 28.4 Å². The number of benzene rings is 1. The summed E-state index contributed by atoms with van der Waals surface area (Å²) in [5.41, 5.74) is 2.26. The Labute approximate surface area is 146 Å². The van der Waals surface area contributed by atoms with Gasteiger partial charge in [-0.1, -0.05) is 6.58 Å². The predicted molar refractivity (Wildman–Crippen MR) is 95.3 cm³/mol. The summed E-state index contributed by atoms with van der Waals surface area (Å²) < 4.78 is 0. The van der Waals surface area contributed by atoms with E-state index in [0.717, 1.165) is 17.8 Å². The van der Waals surface area contributed by atoms with E-state index in [2.05, 4.69) is 16.5 Å². The van der Waals surface area contributed by atoms with Crippen molar-refractivity contribution in [2.75, 3.05) is 25.0 Å². The van der Waals surface area contributed by atoms with Crippen LogP contribution in [0, 0.1) is 0 Å². The molecule has 2 heterocycles. The largest absolute Gasteiger partial charge is 0.338 e. The Bertz CT molecular complexity index is 774. The highest BCUT2D eigenvalue weighted by molar-refractivity contribution is 6.01. The Balaban J connectivity index is 1.67. The van der Waals surface area contributed by atoms with Gasteiger partial charge in [-0.3, -0.25) is 19.6 Å². The zero-order valence-electron chi connectivity index (χ0n) is 14.1. The smallest absolute Gasteiger partial charge is 0.253 e.